The van der Waals surface area contributed by atoms with Crippen molar-refractivity contribution in [1.29, 1.82) is 0 Å². The molecule has 1 N–H and O–H groups in total. The van der Waals surface area contributed by atoms with Gasteiger partial charge in [0.2, 0.25) is 0 Å². The van der Waals surface area contributed by atoms with Crippen LogP contribution in [0.2, 0.25) is 0 Å². The SMILES string of the molecule is COc1cccc(-c2nc(CC(C)C)c(C(=O)O)s2)c1. The number of rotatable bonds is 5. The van der Waals surface area contributed by atoms with Crippen molar-refractivity contribution in [3.8, 4) is 16.3 Å². The van der Waals surface area contributed by atoms with Crippen LogP contribution in [-0.2, 0) is 6.42 Å². The molecule has 0 atom stereocenters. The average Bonchev–Trinajstić information content (AvgIpc) is 2.82. The van der Waals surface area contributed by atoms with Crippen molar-refractivity contribution in [2.24, 2.45) is 5.92 Å². The van der Waals surface area contributed by atoms with Gasteiger partial charge in [0.1, 0.15) is 15.6 Å². The third-order valence-electron chi connectivity index (χ3n) is 2.81. The lowest BCUT2D eigenvalue weighted by molar-refractivity contribution is 0.0700. The van der Waals surface area contributed by atoms with Crippen molar-refractivity contribution in [2.45, 2.75) is 20.3 Å². The molecule has 20 heavy (non-hydrogen) atoms. The number of carbonyl (C=O) groups is 1. The molecule has 0 saturated carbocycles. The summed E-state index contributed by atoms with van der Waals surface area (Å²) in [4.78, 5) is 16.1. The molecule has 106 valence electrons. The van der Waals surface area contributed by atoms with Crippen molar-refractivity contribution >= 4 is 17.3 Å². The lowest BCUT2D eigenvalue weighted by atomic mass is 10.1. The van der Waals surface area contributed by atoms with E-state index in [1.807, 2.05) is 24.3 Å². The van der Waals surface area contributed by atoms with Crippen LogP contribution in [0.15, 0.2) is 24.3 Å². The van der Waals surface area contributed by atoms with Crippen LogP contribution in [0.3, 0.4) is 0 Å². The summed E-state index contributed by atoms with van der Waals surface area (Å²) < 4.78 is 5.19. The van der Waals surface area contributed by atoms with Gasteiger partial charge in [-0.25, -0.2) is 9.78 Å². The lowest BCUT2D eigenvalue weighted by Gasteiger charge is -2.02. The maximum Gasteiger partial charge on any atom is 0.347 e. The average molecular weight is 291 g/mol. The largest absolute Gasteiger partial charge is 0.497 e. The van der Waals surface area contributed by atoms with Gasteiger partial charge in [0.15, 0.2) is 0 Å². The van der Waals surface area contributed by atoms with Crippen LogP contribution in [0.25, 0.3) is 10.6 Å². The van der Waals surface area contributed by atoms with Gasteiger partial charge >= 0.3 is 5.97 Å². The van der Waals surface area contributed by atoms with Gasteiger partial charge in [-0.15, -0.1) is 11.3 Å². The molecule has 0 aliphatic carbocycles. The Hall–Kier alpha value is -1.88. The molecule has 2 rings (SSSR count). The fraction of sp³-hybridized carbons (Fsp3) is 0.333. The van der Waals surface area contributed by atoms with E-state index in [1.54, 1.807) is 7.11 Å². The Kier molecular flexibility index (Phi) is 4.39. The van der Waals surface area contributed by atoms with Crippen molar-refractivity contribution in [3.05, 3.63) is 34.8 Å². The van der Waals surface area contributed by atoms with Gasteiger partial charge in [-0.2, -0.15) is 0 Å². The fourth-order valence-electron chi connectivity index (χ4n) is 1.92. The first-order chi connectivity index (χ1) is 9.51. The van der Waals surface area contributed by atoms with E-state index in [0.717, 1.165) is 16.3 Å². The molecule has 0 amide bonds. The quantitative estimate of drug-likeness (QED) is 0.912. The molecule has 0 bridgehead atoms. The minimum atomic E-state index is -0.910. The van der Waals surface area contributed by atoms with Gasteiger partial charge in [-0.05, 0) is 24.5 Å². The molecule has 0 aliphatic heterocycles. The Morgan fingerprint density at radius 1 is 1.45 bits per heavy atom. The first-order valence-electron chi connectivity index (χ1n) is 6.38. The van der Waals surface area contributed by atoms with Gasteiger partial charge in [0, 0.05) is 5.56 Å². The van der Waals surface area contributed by atoms with Gasteiger partial charge in [-0.3, -0.25) is 0 Å². The van der Waals surface area contributed by atoms with E-state index < -0.39 is 5.97 Å². The number of nitrogens with zero attached hydrogens (tertiary/aromatic N) is 1. The maximum absolute atomic E-state index is 11.3. The molecule has 5 heteroatoms. The number of carboxylic acids is 1. The van der Waals surface area contributed by atoms with Crippen LogP contribution in [0.1, 0.15) is 29.2 Å². The first-order valence-corrected chi connectivity index (χ1v) is 7.20. The van der Waals surface area contributed by atoms with E-state index in [-0.39, 0.29) is 0 Å². The summed E-state index contributed by atoms with van der Waals surface area (Å²) in [5, 5.41) is 10.0. The summed E-state index contributed by atoms with van der Waals surface area (Å²) >= 11 is 1.22. The summed E-state index contributed by atoms with van der Waals surface area (Å²) in [6, 6.07) is 7.50. The second-order valence-corrected chi connectivity index (χ2v) is 5.93. The minimum absolute atomic E-state index is 0.330. The van der Waals surface area contributed by atoms with Crippen LogP contribution in [-0.4, -0.2) is 23.2 Å². The molecule has 0 saturated heterocycles. The van der Waals surface area contributed by atoms with Crippen molar-refractivity contribution in [1.82, 2.24) is 4.98 Å². The Morgan fingerprint density at radius 2 is 2.20 bits per heavy atom. The summed E-state index contributed by atoms with van der Waals surface area (Å²) in [7, 11) is 1.60. The van der Waals surface area contributed by atoms with Gasteiger partial charge < -0.3 is 9.84 Å². The van der Waals surface area contributed by atoms with Crippen molar-refractivity contribution < 1.29 is 14.6 Å². The van der Waals surface area contributed by atoms with Gasteiger partial charge in [0.25, 0.3) is 0 Å². The molecule has 0 aliphatic rings. The highest BCUT2D eigenvalue weighted by molar-refractivity contribution is 7.17. The molecule has 0 fully saturated rings. The third-order valence-corrected chi connectivity index (χ3v) is 3.94. The standard InChI is InChI=1S/C15H17NO3S/c1-9(2)7-12-13(15(17)18)20-14(16-12)10-5-4-6-11(8-10)19-3/h4-6,8-9H,7H2,1-3H3,(H,17,18). The molecule has 1 aromatic carbocycles. The number of hydrogen-bond acceptors (Lipinski definition) is 4. The predicted molar refractivity (Wildman–Crippen MR) is 79.6 cm³/mol. The van der Waals surface area contributed by atoms with Crippen LogP contribution in [0.5, 0.6) is 5.75 Å². The molecular weight excluding hydrogens is 274 g/mol. The molecular formula is C15H17NO3S. The number of carboxylic acid groups (broad SMARTS) is 1. The van der Waals surface area contributed by atoms with Crippen LogP contribution in [0, 0.1) is 5.92 Å². The third kappa shape index (κ3) is 3.17. The zero-order valence-electron chi connectivity index (χ0n) is 11.7. The summed E-state index contributed by atoms with van der Waals surface area (Å²) in [6.07, 6.45) is 0.669. The van der Waals surface area contributed by atoms with Crippen LogP contribution < -0.4 is 4.74 Å². The zero-order valence-corrected chi connectivity index (χ0v) is 12.5. The molecule has 0 unspecified atom stereocenters. The second kappa shape index (κ2) is 6.05. The molecule has 2 aromatic rings. The molecule has 0 radical (unpaired) electrons. The number of aromatic carboxylic acids is 1. The summed E-state index contributed by atoms with van der Waals surface area (Å²) in [6.45, 7) is 4.10. The lowest BCUT2D eigenvalue weighted by Crippen LogP contribution is -2.02. The Labute approximate surface area is 122 Å². The highest BCUT2D eigenvalue weighted by Crippen LogP contribution is 2.31. The van der Waals surface area contributed by atoms with Crippen LogP contribution >= 0.6 is 11.3 Å². The van der Waals surface area contributed by atoms with Gasteiger partial charge in [0.05, 0.1) is 12.8 Å². The van der Waals surface area contributed by atoms with Crippen LogP contribution in [0.4, 0.5) is 0 Å². The molecule has 1 heterocycles. The summed E-state index contributed by atoms with van der Waals surface area (Å²) in [5.41, 5.74) is 1.54. The van der Waals surface area contributed by atoms with E-state index in [9.17, 15) is 9.90 Å². The monoisotopic (exact) mass is 291 g/mol. The Bertz CT molecular complexity index is 619. The summed E-state index contributed by atoms with van der Waals surface area (Å²) in [5.74, 6) is 0.195. The second-order valence-electron chi connectivity index (χ2n) is 4.93. The van der Waals surface area contributed by atoms with Crippen molar-refractivity contribution in [2.75, 3.05) is 7.11 Å². The van der Waals surface area contributed by atoms with E-state index >= 15 is 0 Å². The van der Waals surface area contributed by atoms with E-state index in [1.165, 1.54) is 11.3 Å². The molecule has 4 nitrogen and oxygen atoms in total. The van der Waals surface area contributed by atoms with E-state index in [4.69, 9.17) is 4.74 Å². The highest BCUT2D eigenvalue weighted by Gasteiger charge is 2.19. The number of methoxy groups -OCH3 is 1. The smallest absolute Gasteiger partial charge is 0.347 e. The maximum atomic E-state index is 11.3. The normalized spacial score (nSPS) is 10.8. The Morgan fingerprint density at radius 3 is 2.80 bits per heavy atom. The number of ether oxygens (including phenoxy) is 1. The number of aromatic nitrogens is 1. The zero-order chi connectivity index (χ0) is 14.7. The minimum Gasteiger partial charge on any atom is -0.497 e. The number of benzene rings is 1. The van der Waals surface area contributed by atoms with E-state index in [2.05, 4.69) is 18.8 Å². The Balaban J connectivity index is 2.44. The predicted octanol–water partition coefficient (Wildman–Crippen LogP) is 3.72. The van der Waals surface area contributed by atoms with Gasteiger partial charge in [-0.1, -0.05) is 26.0 Å². The first kappa shape index (κ1) is 14.5. The molecule has 1 aromatic heterocycles. The number of hydrogen-bond donors (Lipinski definition) is 1. The van der Waals surface area contributed by atoms with E-state index in [0.29, 0.717) is 22.9 Å². The van der Waals surface area contributed by atoms with Crippen molar-refractivity contribution in [3.63, 3.8) is 0 Å². The highest BCUT2D eigenvalue weighted by atomic mass is 32.1. The fourth-order valence-corrected chi connectivity index (χ4v) is 2.85. The topological polar surface area (TPSA) is 59.4 Å². The molecule has 0 spiro atoms. The number of thiazole rings is 1.